The number of amides is 3. The molecule has 0 saturated carbocycles. The lowest BCUT2D eigenvalue weighted by molar-refractivity contribution is -0.139. The zero-order chi connectivity index (χ0) is 20.1. The maximum absolute atomic E-state index is 13.1. The normalized spacial score (nSPS) is 22.6. The van der Waals surface area contributed by atoms with E-state index in [9.17, 15) is 14.4 Å². The van der Waals surface area contributed by atoms with Crippen molar-refractivity contribution in [1.29, 1.82) is 0 Å². The molecule has 0 bridgehead atoms. The van der Waals surface area contributed by atoms with E-state index in [2.05, 4.69) is 5.32 Å². The van der Waals surface area contributed by atoms with Crippen LogP contribution in [-0.2, 0) is 9.59 Å². The highest BCUT2D eigenvalue weighted by molar-refractivity contribution is 6.30. The minimum atomic E-state index is -0.175. The molecule has 2 saturated heterocycles. The molecular formula is C21H28ClN3O3. The first kappa shape index (κ1) is 20.6. The third-order valence-corrected chi connectivity index (χ3v) is 5.82. The quantitative estimate of drug-likeness (QED) is 0.837. The molecule has 3 amide bonds. The van der Waals surface area contributed by atoms with E-state index in [0.29, 0.717) is 36.6 Å². The summed E-state index contributed by atoms with van der Waals surface area (Å²) in [5, 5.41) is 3.60. The number of hydrogen-bond acceptors (Lipinski definition) is 3. The second-order valence-electron chi connectivity index (χ2n) is 7.64. The number of hydrogen-bond donors (Lipinski definition) is 1. The molecule has 28 heavy (non-hydrogen) atoms. The molecule has 3 rings (SSSR count). The number of likely N-dealkylation sites (tertiary alicyclic amines) is 2. The Morgan fingerprint density at radius 2 is 1.71 bits per heavy atom. The number of nitrogens with zero attached hydrogens (tertiary/aromatic N) is 2. The van der Waals surface area contributed by atoms with E-state index in [4.69, 9.17) is 11.6 Å². The van der Waals surface area contributed by atoms with Gasteiger partial charge in [-0.3, -0.25) is 14.4 Å². The van der Waals surface area contributed by atoms with E-state index in [-0.39, 0.29) is 29.7 Å². The van der Waals surface area contributed by atoms with Crippen molar-refractivity contribution in [2.75, 3.05) is 26.2 Å². The number of carbonyl (C=O) groups is 3. The van der Waals surface area contributed by atoms with Crippen molar-refractivity contribution >= 4 is 29.3 Å². The zero-order valence-electron chi connectivity index (χ0n) is 16.3. The van der Waals surface area contributed by atoms with Gasteiger partial charge in [0, 0.05) is 49.2 Å². The van der Waals surface area contributed by atoms with Crippen LogP contribution < -0.4 is 5.32 Å². The third-order valence-electron chi connectivity index (χ3n) is 5.57. The molecule has 0 spiro atoms. The number of halogens is 1. The van der Waals surface area contributed by atoms with Gasteiger partial charge in [-0.2, -0.15) is 0 Å². The molecule has 2 heterocycles. The second kappa shape index (κ2) is 9.41. The van der Waals surface area contributed by atoms with Crippen LogP contribution in [0.1, 0.15) is 49.4 Å². The van der Waals surface area contributed by atoms with Crippen LogP contribution in [0.25, 0.3) is 0 Å². The van der Waals surface area contributed by atoms with Gasteiger partial charge < -0.3 is 15.1 Å². The minimum Gasteiger partial charge on any atom is -0.352 e. The van der Waals surface area contributed by atoms with E-state index < -0.39 is 0 Å². The largest absolute Gasteiger partial charge is 0.352 e. The molecule has 2 fully saturated rings. The number of piperidine rings is 2. The fourth-order valence-corrected chi connectivity index (χ4v) is 4.15. The molecule has 0 aromatic heterocycles. The van der Waals surface area contributed by atoms with Crippen molar-refractivity contribution in [1.82, 2.24) is 15.1 Å². The van der Waals surface area contributed by atoms with Crippen molar-refractivity contribution in [3.8, 4) is 0 Å². The number of benzene rings is 1. The summed E-state index contributed by atoms with van der Waals surface area (Å²) in [6, 6.07) is 6.89. The van der Waals surface area contributed by atoms with Crippen LogP contribution in [0.2, 0.25) is 5.02 Å². The van der Waals surface area contributed by atoms with Crippen LogP contribution in [0.3, 0.4) is 0 Å². The molecule has 2 aliphatic rings. The minimum absolute atomic E-state index is 0.0247. The van der Waals surface area contributed by atoms with Gasteiger partial charge in [0.2, 0.25) is 11.8 Å². The molecule has 1 aromatic rings. The Morgan fingerprint density at radius 1 is 1.04 bits per heavy atom. The van der Waals surface area contributed by atoms with E-state index in [0.717, 1.165) is 32.2 Å². The van der Waals surface area contributed by atoms with Crippen molar-refractivity contribution in [2.45, 2.75) is 45.1 Å². The Labute approximate surface area is 171 Å². The lowest BCUT2D eigenvalue weighted by Crippen LogP contribution is -2.53. The van der Waals surface area contributed by atoms with Gasteiger partial charge in [0.15, 0.2) is 0 Å². The Kier molecular flexibility index (Phi) is 6.94. The van der Waals surface area contributed by atoms with Crippen molar-refractivity contribution in [3.63, 3.8) is 0 Å². The van der Waals surface area contributed by atoms with E-state index in [1.807, 2.05) is 11.8 Å². The SMILES string of the molecule is CCC(=O)NC1CCCN(C(=O)C2CCCN(C(=O)c3ccc(Cl)cc3)C2)C1. The van der Waals surface area contributed by atoms with E-state index in [1.54, 1.807) is 29.2 Å². The molecule has 2 atom stereocenters. The van der Waals surface area contributed by atoms with Crippen LogP contribution in [0, 0.1) is 5.92 Å². The van der Waals surface area contributed by atoms with Crippen LogP contribution in [0.4, 0.5) is 0 Å². The van der Waals surface area contributed by atoms with Gasteiger partial charge in [-0.05, 0) is 49.9 Å². The average Bonchev–Trinajstić information content (AvgIpc) is 2.73. The molecular weight excluding hydrogens is 378 g/mol. The lowest BCUT2D eigenvalue weighted by atomic mass is 9.94. The maximum Gasteiger partial charge on any atom is 0.253 e. The highest BCUT2D eigenvalue weighted by Gasteiger charge is 2.33. The van der Waals surface area contributed by atoms with Crippen LogP contribution in [0.15, 0.2) is 24.3 Å². The summed E-state index contributed by atoms with van der Waals surface area (Å²) in [5.41, 5.74) is 0.595. The summed E-state index contributed by atoms with van der Waals surface area (Å²) in [6.45, 7) is 4.23. The summed E-state index contributed by atoms with van der Waals surface area (Å²) >= 11 is 5.90. The molecule has 7 heteroatoms. The average molecular weight is 406 g/mol. The summed E-state index contributed by atoms with van der Waals surface area (Å²) in [6.07, 6.45) is 3.86. The first-order valence-corrected chi connectivity index (χ1v) is 10.5. The van der Waals surface area contributed by atoms with Crippen LogP contribution in [0.5, 0.6) is 0 Å². The standard InChI is InChI=1S/C21H28ClN3O3/c1-2-19(26)23-18-6-4-12-25(14-18)21(28)16-5-3-11-24(13-16)20(27)15-7-9-17(22)10-8-15/h7-10,16,18H,2-6,11-14H2,1H3,(H,23,26). The van der Waals surface area contributed by atoms with E-state index >= 15 is 0 Å². The predicted octanol–water partition coefficient (Wildman–Crippen LogP) is 2.71. The molecule has 6 nitrogen and oxygen atoms in total. The van der Waals surface area contributed by atoms with Crippen LogP contribution in [-0.4, -0.2) is 59.7 Å². The van der Waals surface area contributed by atoms with Crippen molar-refractivity contribution in [2.24, 2.45) is 5.92 Å². The third kappa shape index (κ3) is 5.04. The highest BCUT2D eigenvalue weighted by Crippen LogP contribution is 2.23. The van der Waals surface area contributed by atoms with Crippen molar-refractivity contribution in [3.05, 3.63) is 34.9 Å². The summed E-state index contributed by atoms with van der Waals surface area (Å²) < 4.78 is 0. The van der Waals surface area contributed by atoms with Gasteiger partial charge in [0.05, 0.1) is 5.92 Å². The highest BCUT2D eigenvalue weighted by atomic mass is 35.5. The zero-order valence-corrected chi connectivity index (χ0v) is 17.1. The molecule has 152 valence electrons. The Bertz CT molecular complexity index is 722. The molecule has 2 unspecified atom stereocenters. The van der Waals surface area contributed by atoms with Gasteiger partial charge in [-0.15, -0.1) is 0 Å². The van der Waals surface area contributed by atoms with Gasteiger partial charge in [0.1, 0.15) is 0 Å². The summed E-state index contributed by atoms with van der Waals surface area (Å²) in [5.74, 6) is -0.104. The maximum atomic E-state index is 13.1. The molecule has 0 radical (unpaired) electrons. The number of rotatable bonds is 4. The topological polar surface area (TPSA) is 69.7 Å². The number of nitrogens with one attached hydrogen (secondary N) is 1. The first-order chi connectivity index (χ1) is 13.5. The summed E-state index contributed by atoms with van der Waals surface area (Å²) in [4.78, 5) is 41.1. The molecule has 1 aromatic carbocycles. The van der Waals surface area contributed by atoms with Gasteiger partial charge >= 0.3 is 0 Å². The first-order valence-electron chi connectivity index (χ1n) is 10.1. The Morgan fingerprint density at radius 3 is 2.43 bits per heavy atom. The second-order valence-corrected chi connectivity index (χ2v) is 8.08. The van der Waals surface area contributed by atoms with Gasteiger partial charge in [-0.1, -0.05) is 18.5 Å². The molecule has 0 aliphatic carbocycles. The summed E-state index contributed by atoms with van der Waals surface area (Å²) in [7, 11) is 0. The van der Waals surface area contributed by atoms with Crippen LogP contribution >= 0.6 is 11.6 Å². The Balaban J connectivity index is 1.60. The predicted molar refractivity (Wildman–Crippen MR) is 108 cm³/mol. The smallest absolute Gasteiger partial charge is 0.253 e. The fraction of sp³-hybridized carbons (Fsp3) is 0.571. The lowest BCUT2D eigenvalue weighted by Gasteiger charge is -2.38. The van der Waals surface area contributed by atoms with E-state index in [1.165, 1.54) is 0 Å². The van der Waals surface area contributed by atoms with Gasteiger partial charge in [0.25, 0.3) is 5.91 Å². The molecule has 1 N–H and O–H groups in total. The monoisotopic (exact) mass is 405 g/mol. The van der Waals surface area contributed by atoms with Crippen molar-refractivity contribution < 1.29 is 14.4 Å². The molecule has 2 aliphatic heterocycles. The van der Waals surface area contributed by atoms with Gasteiger partial charge in [-0.25, -0.2) is 0 Å². The Hall–Kier alpha value is -2.08. The fourth-order valence-electron chi connectivity index (χ4n) is 4.02. The number of carbonyl (C=O) groups excluding carboxylic acids is 3.